The van der Waals surface area contributed by atoms with Gasteiger partial charge >= 0.3 is 0 Å². The molecule has 5 heteroatoms. The highest BCUT2D eigenvalue weighted by Gasteiger charge is 2.37. The summed E-state index contributed by atoms with van der Waals surface area (Å²) < 4.78 is 27.1. The van der Waals surface area contributed by atoms with Gasteiger partial charge in [0.2, 0.25) is 10.0 Å². The summed E-state index contributed by atoms with van der Waals surface area (Å²) in [6.07, 6.45) is 2.84. The SMILES string of the molecule is CCCN(C1CC1)S(=O)(=O)c1ccc(CNC(C)C)cc1. The second-order valence-electron chi connectivity index (χ2n) is 6.03. The van der Waals surface area contributed by atoms with E-state index in [1.807, 2.05) is 19.1 Å². The molecule has 1 N–H and O–H groups in total. The fourth-order valence-electron chi connectivity index (χ4n) is 2.32. The Hall–Kier alpha value is -0.910. The summed E-state index contributed by atoms with van der Waals surface area (Å²) in [7, 11) is -3.34. The van der Waals surface area contributed by atoms with Crippen molar-refractivity contribution in [3.8, 4) is 0 Å². The molecule has 0 amide bonds. The van der Waals surface area contributed by atoms with Crippen LogP contribution in [-0.4, -0.2) is 31.4 Å². The van der Waals surface area contributed by atoms with Crippen molar-refractivity contribution in [3.63, 3.8) is 0 Å². The van der Waals surface area contributed by atoms with Gasteiger partial charge < -0.3 is 5.32 Å². The van der Waals surface area contributed by atoms with Gasteiger partial charge in [0.05, 0.1) is 4.90 Å². The highest BCUT2D eigenvalue weighted by atomic mass is 32.2. The highest BCUT2D eigenvalue weighted by Crippen LogP contribution is 2.32. The van der Waals surface area contributed by atoms with Crippen molar-refractivity contribution < 1.29 is 8.42 Å². The maximum atomic E-state index is 12.7. The van der Waals surface area contributed by atoms with E-state index in [1.54, 1.807) is 16.4 Å². The molecule has 0 spiro atoms. The van der Waals surface area contributed by atoms with Gasteiger partial charge in [-0.2, -0.15) is 4.31 Å². The van der Waals surface area contributed by atoms with E-state index in [-0.39, 0.29) is 6.04 Å². The van der Waals surface area contributed by atoms with Gasteiger partial charge in [0.1, 0.15) is 0 Å². The lowest BCUT2D eigenvalue weighted by molar-refractivity contribution is 0.403. The Morgan fingerprint density at radius 1 is 1.24 bits per heavy atom. The van der Waals surface area contributed by atoms with E-state index in [0.29, 0.717) is 17.5 Å². The average molecular weight is 310 g/mol. The number of sulfonamides is 1. The van der Waals surface area contributed by atoms with Crippen molar-refractivity contribution in [3.05, 3.63) is 29.8 Å². The van der Waals surface area contributed by atoms with Crippen LogP contribution in [0.5, 0.6) is 0 Å². The molecule has 2 rings (SSSR count). The van der Waals surface area contributed by atoms with Gasteiger partial charge in [-0.1, -0.05) is 32.9 Å². The maximum absolute atomic E-state index is 12.7. The van der Waals surface area contributed by atoms with Crippen LogP contribution in [-0.2, 0) is 16.6 Å². The van der Waals surface area contributed by atoms with Gasteiger partial charge in [0.15, 0.2) is 0 Å². The molecule has 0 aliphatic heterocycles. The minimum Gasteiger partial charge on any atom is -0.310 e. The molecule has 1 aliphatic rings. The molecule has 0 heterocycles. The lowest BCUT2D eigenvalue weighted by Crippen LogP contribution is -2.33. The molecular weight excluding hydrogens is 284 g/mol. The summed E-state index contributed by atoms with van der Waals surface area (Å²) in [6.45, 7) is 7.59. The van der Waals surface area contributed by atoms with Crippen LogP contribution >= 0.6 is 0 Å². The van der Waals surface area contributed by atoms with Gasteiger partial charge in [0.25, 0.3) is 0 Å². The van der Waals surface area contributed by atoms with Crippen molar-refractivity contribution in [1.82, 2.24) is 9.62 Å². The first-order valence-electron chi connectivity index (χ1n) is 7.79. The van der Waals surface area contributed by atoms with E-state index in [2.05, 4.69) is 19.2 Å². The molecule has 0 unspecified atom stereocenters. The third-order valence-electron chi connectivity index (χ3n) is 3.64. The van der Waals surface area contributed by atoms with E-state index >= 15 is 0 Å². The minimum absolute atomic E-state index is 0.220. The first kappa shape index (κ1) is 16.5. The molecule has 1 aromatic rings. The molecule has 1 fully saturated rings. The Balaban J connectivity index is 2.12. The Bertz CT molecular complexity index is 548. The van der Waals surface area contributed by atoms with Crippen molar-refractivity contribution in [2.45, 2.75) is 63.6 Å². The maximum Gasteiger partial charge on any atom is 0.243 e. The van der Waals surface area contributed by atoms with Gasteiger partial charge in [-0.25, -0.2) is 8.42 Å². The van der Waals surface area contributed by atoms with Crippen LogP contribution in [0, 0.1) is 0 Å². The van der Waals surface area contributed by atoms with Crippen LogP contribution < -0.4 is 5.32 Å². The van der Waals surface area contributed by atoms with Crippen LogP contribution in [0.3, 0.4) is 0 Å². The molecule has 0 bridgehead atoms. The third-order valence-corrected chi connectivity index (χ3v) is 5.61. The standard InChI is InChI=1S/C16H26N2O2S/c1-4-11-18(15-7-8-15)21(19,20)16-9-5-14(6-10-16)12-17-13(2)3/h5-6,9-10,13,15,17H,4,7-8,11-12H2,1-3H3. The van der Waals surface area contributed by atoms with E-state index in [1.165, 1.54) is 0 Å². The second kappa shape index (κ2) is 6.90. The first-order valence-corrected chi connectivity index (χ1v) is 9.23. The molecule has 1 aromatic carbocycles. The Morgan fingerprint density at radius 2 is 1.86 bits per heavy atom. The fourth-order valence-corrected chi connectivity index (χ4v) is 4.10. The summed E-state index contributed by atoms with van der Waals surface area (Å²) in [6, 6.07) is 7.91. The first-order chi connectivity index (χ1) is 9.95. The van der Waals surface area contributed by atoms with Crippen molar-refractivity contribution in [2.75, 3.05) is 6.54 Å². The number of nitrogens with one attached hydrogen (secondary N) is 1. The topological polar surface area (TPSA) is 49.4 Å². The van der Waals surface area contributed by atoms with Gasteiger partial charge in [-0.3, -0.25) is 0 Å². The smallest absolute Gasteiger partial charge is 0.243 e. The normalized spacial score (nSPS) is 15.9. The number of hydrogen-bond donors (Lipinski definition) is 1. The summed E-state index contributed by atoms with van der Waals surface area (Å²) in [4.78, 5) is 0.413. The predicted molar refractivity (Wildman–Crippen MR) is 85.6 cm³/mol. The van der Waals surface area contributed by atoms with Gasteiger partial charge in [-0.05, 0) is 37.0 Å². The molecule has 0 atom stereocenters. The predicted octanol–water partition coefficient (Wildman–Crippen LogP) is 2.75. The van der Waals surface area contributed by atoms with Crippen LogP contribution in [0.25, 0.3) is 0 Å². The van der Waals surface area contributed by atoms with Crippen LogP contribution in [0.1, 0.15) is 45.6 Å². The highest BCUT2D eigenvalue weighted by molar-refractivity contribution is 7.89. The van der Waals surface area contributed by atoms with E-state index < -0.39 is 10.0 Å². The Labute approximate surface area is 128 Å². The lowest BCUT2D eigenvalue weighted by Gasteiger charge is -2.21. The molecule has 0 saturated heterocycles. The van der Waals surface area contributed by atoms with Crippen LogP contribution in [0.2, 0.25) is 0 Å². The van der Waals surface area contributed by atoms with Crippen molar-refractivity contribution in [1.29, 1.82) is 0 Å². The minimum atomic E-state index is -3.34. The Kier molecular flexibility index (Phi) is 5.41. The molecule has 4 nitrogen and oxygen atoms in total. The fraction of sp³-hybridized carbons (Fsp3) is 0.625. The Morgan fingerprint density at radius 3 is 2.33 bits per heavy atom. The molecule has 1 saturated carbocycles. The third kappa shape index (κ3) is 4.28. The van der Waals surface area contributed by atoms with Crippen molar-refractivity contribution >= 4 is 10.0 Å². The molecule has 118 valence electrons. The lowest BCUT2D eigenvalue weighted by atomic mass is 10.2. The van der Waals surface area contributed by atoms with Crippen LogP contribution in [0.4, 0.5) is 0 Å². The summed E-state index contributed by atoms with van der Waals surface area (Å²) in [5.74, 6) is 0. The zero-order valence-electron chi connectivity index (χ0n) is 13.2. The second-order valence-corrected chi connectivity index (χ2v) is 7.92. The molecule has 1 aliphatic carbocycles. The molecule has 0 aromatic heterocycles. The quantitative estimate of drug-likeness (QED) is 0.803. The number of rotatable bonds is 8. The number of nitrogens with zero attached hydrogens (tertiary/aromatic N) is 1. The summed E-state index contributed by atoms with van der Waals surface area (Å²) >= 11 is 0. The van der Waals surface area contributed by atoms with Gasteiger partial charge in [-0.15, -0.1) is 0 Å². The largest absolute Gasteiger partial charge is 0.310 e. The molecule has 0 radical (unpaired) electrons. The molecule has 21 heavy (non-hydrogen) atoms. The summed E-state index contributed by atoms with van der Waals surface area (Å²) in [5, 5.41) is 3.33. The summed E-state index contributed by atoms with van der Waals surface area (Å²) in [5.41, 5.74) is 1.11. The average Bonchev–Trinajstić information content (AvgIpc) is 3.27. The number of benzene rings is 1. The monoisotopic (exact) mass is 310 g/mol. The molecular formula is C16H26N2O2S. The van der Waals surface area contributed by atoms with E-state index in [9.17, 15) is 8.42 Å². The van der Waals surface area contributed by atoms with Crippen molar-refractivity contribution in [2.24, 2.45) is 0 Å². The van der Waals surface area contributed by atoms with Gasteiger partial charge in [0, 0.05) is 25.2 Å². The van der Waals surface area contributed by atoms with E-state index in [4.69, 9.17) is 0 Å². The zero-order valence-corrected chi connectivity index (χ0v) is 14.0. The van der Waals surface area contributed by atoms with Crippen LogP contribution in [0.15, 0.2) is 29.2 Å². The zero-order chi connectivity index (χ0) is 15.5. The number of hydrogen-bond acceptors (Lipinski definition) is 3. The van der Waals surface area contributed by atoms with E-state index in [0.717, 1.165) is 31.4 Å².